The van der Waals surface area contributed by atoms with E-state index in [0.29, 0.717) is 17.2 Å². The van der Waals surface area contributed by atoms with Gasteiger partial charge in [0.05, 0.1) is 6.61 Å². The summed E-state index contributed by atoms with van der Waals surface area (Å²) in [6.07, 6.45) is 0. The van der Waals surface area contributed by atoms with Crippen molar-refractivity contribution >= 4 is 17.2 Å². The lowest BCUT2D eigenvalue weighted by Gasteiger charge is -2.08. The predicted octanol–water partition coefficient (Wildman–Crippen LogP) is 2.29. The molecule has 1 aromatic rings. The maximum Gasteiger partial charge on any atom is 0.265 e. The summed E-state index contributed by atoms with van der Waals surface area (Å²) in [5.41, 5.74) is 0. The van der Waals surface area contributed by atoms with Crippen LogP contribution in [0.2, 0.25) is 0 Å². The van der Waals surface area contributed by atoms with E-state index in [1.807, 2.05) is 32.2 Å². The fourth-order valence-electron chi connectivity index (χ4n) is 1.06. The molecule has 14 heavy (non-hydrogen) atoms. The molecular weight excluding hydrogens is 198 g/mol. The zero-order valence-corrected chi connectivity index (χ0v) is 9.48. The van der Waals surface area contributed by atoms with E-state index in [0.717, 1.165) is 0 Å². The van der Waals surface area contributed by atoms with E-state index < -0.39 is 0 Å². The number of rotatable bonds is 4. The maximum absolute atomic E-state index is 11.6. The lowest BCUT2D eigenvalue weighted by Crippen LogP contribution is -2.29. The SMILES string of the molecule is CCOc1ccsc1C(=O)NC(C)C. The molecule has 0 unspecified atom stereocenters. The molecule has 3 nitrogen and oxygen atoms in total. The highest BCUT2D eigenvalue weighted by Crippen LogP contribution is 2.24. The number of carbonyl (C=O) groups is 1. The highest BCUT2D eigenvalue weighted by molar-refractivity contribution is 7.12. The monoisotopic (exact) mass is 213 g/mol. The van der Waals surface area contributed by atoms with Gasteiger partial charge < -0.3 is 10.1 Å². The Morgan fingerprint density at radius 1 is 1.64 bits per heavy atom. The minimum absolute atomic E-state index is 0.0570. The Bertz CT molecular complexity index is 307. The van der Waals surface area contributed by atoms with Gasteiger partial charge in [0.15, 0.2) is 0 Å². The number of carbonyl (C=O) groups excluding carboxylic acids is 1. The Morgan fingerprint density at radius 3 is 2.93 bits per heavy atom. The number of hydrogen-bond acceptors (Lipinski definition) is 3. The zero-order chi connectivity index (χ0) is 10.6. The molecule has 78 valence electrons. The molecule has 0 radical (unpaired) electrons. The van der Waals surface area contributed by atoms with Crippen LogP contribution >= 0.6 is 11.3 Å². The topological polar surface area (TPSA) is 38.3 Å². The third kappa shape index (κ3) is 2.73. The fourth-order valence-corrected chi connectivity index (χ4v) is 1.80. The number of ether oxygens (including phenoxy) is 1. The first-order valence-corrected chi connectivity index (χ1v) is 5.54. The van der Waals surface area contributed by atoms with Crippen molar-refractivity contribution in [2.75, 3.05) is 6.61 Å². The van der Waals surface area contributed by atoms with Gasteiger partial charge in [0.1, 0.15) is 10.6 Å². The van der Waals surface area contributed by atoms with E-state index in [1.165, 1.54) is 11.3 Å². The number of nitrogens with one attached hydrogen (secondary N) is 1. The Kier molecular flexibility index (Phi) is 3.95. The van der Waals surface area contributed by atoms with E-state index in [9.17, 15) is 4.79 Å². The largest absolute Gasteiger partial charge is 0.492 e. The molecule has 1 N–H and O–H groups in total. The molecule has 0 spiro atoms. The summed E-state index contributed by atoms with van der Waals surface area (Å²) in [4.78, 5) is 12.3. The minimum atomic E-state index is -0.0570. The van der Waals surface area contributed by atoms with Crippen LogP contribution in [-0.4, -0.2) is 18.6 Å². The molecule has 1 heterocycles. The summed E-state index contributed by atoms with van der Waals surface area (Å²) in [5, 5.41) is 4.70. The first-order valence-electron chi connectivity index (χ1n) is 4.66. The van der Waals surface area contributed by atoms with E-state index in [2.05, 4.69) is 5.32 Å². The molecule has 0 fully saturated rings. The highest BCUT2D eigenvalue weighted by atomic mass is 32.1. The van der Waals surface area contributed by atoms with E-state index in [1.54, 1.807) is 0 Å². The minimum Gasteiger partial charge on any atom is -0.492 e. The highest BCUT2D eigenvalue weighted by Gasteiger charge is 2.14. The fraction of sp³-hybridized carbons (Fsp3) is 0.500. The van der Waals surface area contributed by atoms with Crippen molar-refractivity contribution in [3.05, 3.63) is 16.3 Å². The van der Waals surface area contributed by atoms with Gasteiger partial charge in [-0.05, 0) is 32.2 Å². The van der Waals surface area contributed by atoms with Crippen molar-refractivity contribution in [3.63, 3.8) is 0 Å². The van der Waals surface area contributed by atoms with Gasteiger partial charge in [-0.15, -0.1) is 11.3 Å². The van der Waals surface area contributed by atoms with Crippen LogP contribution in [0.3, 0.4) is 0 Å². The Hall–Kier alpha value is -1.03. The molecule has 0 saturated heterocycles. The van der Waals surface area contributed by atoms with Crippen molar-refractivity contribution < 1.29 is 9.53 Å². The molecule has 0 saturated carbocycles. The average molecular weight is 213 g/mol. The first kappa shape index (κ1) is 11.0. The summed E-state index contributed by atoms with van der Waals surface area (Å²) < 4.78 is 5.33. The van der Waals surface area contributed by atoms with Crippen LogP contribution in [0.1, 0.15) is 30.4 Å². The third-order valence-electron chi connectivity index (χ3n) is 1.55. The lowest BCUT2D eigenvalue weighted by molar-refractivity contribution is 0.0944. The van der Waals surface area contributed by atoms with E-state index in [4.69, 9.17) is 4.74 Å². The van der Waals surface area contributed by atoms with Gasteiger partial charge in [0.25, 0.3) is 5.91 Å². The molecule has 0 aliphatic heterocycles. The summed E-state index contributed by atoms with van der Waals surface area (Å²) in [7, 11) is 0. The normalized spacial score (nSPS) is 10.3. The van der Waals surface area contributed by atoms with Crippen molar-refractivity contribution in [1.29, 1.82) is 0 Å². The lowest BCUT2D eigenvalue weighted by atomic mass is 10.3. The third-order valence-corrected chi connectivity index (χ3v) is 2.45. The molecule has 1 rings (SSSR count). The van der Waals surface area contributed by atoms with Crippen molar-refractivity contribution in [2.24, 2.45) is 0 Å². The summed E-state index contributed by atoms with van der Waals surface area (Å²) in [5.74, 6) is 0.620. The molecule has 1 amide bonds. The standard InChI is InChI=1S/C10H15NO2S/c1-4-13-8-5-6-14-9(8)10(12)11-7(2)3/h5-7H,4H2,1-3H3,(H,11,12). The molecule has 4 heteroatoms. The predicted molar refractivity (Wildman–Crippen MR) is 58.1 cm³/mol. The Labute approximate surface area is 88.1 Å². The molecule has 1 aromatic heterocycles. The molecule has 0 aliphatic carbocycles. The Balaban J connectivity index is 2.73. The second-order valence-corrected chi connectivity index (χ2v) is 4.09. The van der Waals surface area contributed by atoms with Crippen molar-refractivity contribution in [1.82, 2.24) is 5.32 Å². The molecule has 0 atom stereocenters. The molecule has 0 bridgehead atoms. The second-order valence-electron chi connectivity index (χ2n) is 3.18. The van der Waals surface area contributed by atoms with Gasteiger partial charge in [-0.3, -0.25) is 4.79 Å². The summed E-state index contributed by atoms with van der Waals surface area (Å²) >= 11 is 1.40. The van der Waals surface area contributed by atoms with E-state index >= 15 is 0 Å². The number of amides is 1. The molecular formula is C10H15NO2S. The van der Waals surface area contributed by atoms with Crippen LogP contribution in [0.15, 0.2) is 11.4 Å². The van der Waals surface area contributed by atoms with Gasteiger partial charge in [0.2, 0.25) is 0 Å². The van der Waals surface area contributed by atoms with Crippen molar-refractivity contribution in [3.8, 4) is 5.75 Å². The second kappa shape index (κ2) is 5.00. The van der Waals surface area contributed by atoms with Crippen LogP contribution in [0.5, 0.6) is 5.75 Å². The smallest absolute Gasteiger partial charge is 0.265 e. The van der Waals surface area contributed by atoms with Crippen LogP contribution in [0, 0.1) is 0 Å². The van der Waals surface area contributed by atoms with Crippen LogP contribution < -0.4 is 10.1 Å². The van der Waals surface area contributed by atoms with E-state index in [-0.39, 0.29) is 11.9 Å². The van der Waals surface area contributed by atoms with Gasteiger partial charge in [-0.25, -0.2) is 0 Å². The van der Waals surface area contributed by atoms with Crippen LogP contribution in [-0.2, 0) is 0 Å². The van der Waals surface area contributed by atoms with Gasteiger partial charge in [-0.1, -0.05) is 0 Å². The van der Waals surface area contributed by atoms with Crippen LogP contribution in [0.4, 0.5) is 0 Å². The average Bonchev–Trinajstić information content (AvgIpc) is 2.51. The Morgan fingerprint density at radius 2 is 2.36 bits per heavy atom. The van der Waals surface area contributed by atoms with Crippen molar-refractivity contribution in [2.45, 2.75) is 26.8 Å². The maximum atomic E-state index is 11.6. The van der Waals surface area contributed by atoms with Gasteiger partial charge in [0, 0.05) is 6.04 Å². The number of thiophene rings is 1. The quantitative estimate of drug-likeness (QED) is 0.833. The number of hydrogen-bond donors (Lipinski definition) is 1. The first-order chi connectivity index (χ1) is 6.65. The van der Waals surface area contributed by atoms with Crippen LogP contribution in [0.25, 0.3) is 0 Å². The summed E-state index contributed by atoms with van der Waals surface area (Å²) in [6, 6.07) is 1.97. The zero-order valence-electron chi connectivity index (χ0n) is 8.66. The molecule has 0 aliphatic rings. The van der Waals surface area contributed by atoms with Gasteiger partial charge >= 0.3 is 0 Å². The van der Waals surface area contributed by atoms with Gasteiger partial charge in [-0.2, -0.15) is 0 Å². The molecule has 0 aromatic carbocycles. The summed E-state index contributed by atoms with van der Waals surface area (Å²) in [6.45, 7) is 6.36.